The Bertz CT molecular complexity index is 975. The Kier molecular flexibility index (Phi) is 5.35. The van der Waals surface area contributed by atoms with E-state index in [-0.39, 0.29) is 16.8 Å². The zero-order chi connectivity index (χ0) is 19.4. The molecule has 4 nitrogen and oxygen atoms in total. The van der Waals surface area contributed by atoms with Crippen LogP contribution in [0.4, 0.5) is 14.5 Å². The van der Waals surface area contributed by atoms with E-state index in [0.29, 0.717) is 17.1 Å². The van der Waals surface area contributed by atoms with E-state index in [0.717, 1.165) is 6.07 Å². The van der Waals surface area contributed by atoms with E-state index in [4.69, 9.17) is 9.47 Å². The van der Waals surface area contributed by atoms with Crippen LogP contribution in [0, 0.1) is 11.6 Å². The number of halogens is 2. The smallest absolute Gasteiger partial charge is 0.259 e. The van der Waals surface area contributed by atoms with Gasteiger partial charge in [-0.3, -0.25) is 4.79 Å². The van der Waals surface area contributed by atoms with Gasteiger partial charge in [-0.25, -0.2) is 8.78 Å². The summed E-state index contributed by atoms with van der Waals surface area (Å²) in [5, 5.41) is 2.53. The van der Waals surface area contributed by atoms with Crippen LogP contribution in [-0.2, 0) is 0 Å². The minimum atomic E-state index is -0.871. The van der Waals surface area contributed by atoms with Crippen molar-refractivity contribution in [1.82, 2.24) is 0 Å². The highest BCUT2D eigenvalue weighted by Gasteiger charge is 2.19. The second-order valence-electron chi connectivity index (χ2n) is 5.70. The van der Waals surface area contributed by atoms with Crippen molar-refractivity contribution in [2.45, 2.75) is 0 Å². The first-order valence-electron chi connectivity index (χ1n) is 8.11. The van der Waals surface area contributed by atoms with Crippen LogP contribution in [0.15, 0.2) is 60.7 Å². The largest absolute Gasteiger partial charge is 0.497 e. The lowest BCUT2D eigenvalue weighted by atomic mass is 10.0. The van der Waals surface area contributed by atoms with Crippen LogP contribution in [0.25, 0.3) is 11.1 Å². The van der Waals surface area contributed by atoms with Crippen LogP contribution >= 0.6 is 0 Å². The highest BCUT2D eigenvalue weighted by Crippen LogP contribution is 2.33. The molecule has 0 aliphatic heterocycles. The molecule has 27 heavy (non-hydrogen) atoms. The Morgan fingerprint density at radius 2 is 1.67 bits per heavy atom. The van der Waals surface area contributed by atoms with Crippen molar-refractivity contribution in [3.63, 3.8) is 0 Å². The van der Waals surface area contributed by atoms with Gasteiger partial charge in [-0.05, 0) is 29.8 Å². The van der Waals surface area contributed by atoms with Gasteiger partial charge in [0.1, 0.15) is 23.1 Å². The van der Waals surface area contributed by atoms with Crippen LogP contribution in [0.5, 0.6) is 11.5 Å². The van der Waals surface area contributed by atoms with E-state index < -0.39 is 17.5 Å². The molecule has 138 valence electrons. The van der Waals surface area contributed by atoms with Crippen LogP contribution < -0.4 is 14.8 Å². The molecule has 0 saturated heterocycles. The summed E-state index contributed by atoms with van der Waals surface area (Å²) in [5.41, 5.74) is 0.865. The van der Waals surface area contributed by atoms with Gasteiger partial charge in [-0.2, -0.15) is 0 Å². The maximum absolute atomic E-state index is 14.5. The van der Waals surface area contributed by atoms with E-state index in [1.807, 2.05) is 0 Å². The first-order valence-corrected chi connectivity index (χ1v) is 8.11. The third kappa shape index (κ3) is 3.89. The zero-order valence-corrected chi connectivity index (χ0v) is 14.8. The molecule has 0 fully saturated rings. The molecular weight excluding hydrogens is 352 g/mol. The van der Waals surface area contributed by atoms with Crippen LogP contribution in [0.3, 0.4) is 0 Å². The minimum absolute atomic E-state index is 0.113. The number of methoxy groups -OCH3 is 2. The molecule has 0 bridgehead atoms. The Hall–Kier alpha value is -3.41. The van der Waals surface area contributed by atoms with Crippen molar-refractivity contribution < 1.29 is 23.0 Å². The number of carbonyl (C=O) groups excluding carboxylic acids is 1. The summed E-state index contributed by atoms with van der Waals surface area (Å²) in [7, 11) is 2.89. The summed E-state index contributed by atoms with van der Waals surface area (Å²) >= 11 is 0. The number of anilines is 1. The number of ether oxygens (including phenoxy) is 2. The molecule has 0 unspecified atom stereocenters. The quantitative estimate of drug-likeness (QED) is 0.696. The van der Waals surface area contributed by atoms with Crippen molar-refractivity contribution in [3.05, 3.63) is 77.9 Å². The fraction of sp³-hybridized carbons (Fsp3) is 0.0952. The van der Waals surface area contributed by atoms with Crippen molar-refractivity contribution in [2.75, 3.05) is 19.5 Å². The number of rotatable bonds is 5. The number of nitrogens with one attached hydrogen (secondary N) is 1. The van der Waals surface area contributed by atoms with Gasteiger partial charge in [0.25, 0.3) is 5.91 Å². The van der Waals surface area contributed by atoms with E-state index in [1.165, 1.54) is 26.4 Å². The lowest BCUT2D eigenvalue weighted by molar-refractivity contribution is 0.102. The van der Waals surface area contributed by atoms with E-state index >= 15 is 0 Å². The van der Waals surface area contributed by atoms with Crippen molar-refractivity contribution in [3.8, 4) is 22.6 Å². The molecule has 0 spiro atoms. The maximum atomic E-state index is 14.5. The number of amides is 1. The molecule has 1 N–H and O–H groups in total. The standard InChI is InChI=1S/C21H17F2NO3/c1-26-15-8-9-19(27-2)17(12-15)21(25)24-20-16(10-14(22)11-18(20)23)13-6-4-3-5-7-13/h3-12H,1-2H3,(H,24,25). The molecule has 6 heteroatoms. The van der Waals surface area contributed by atoms with Gasteiger partial charge in [0.2, 0.25) is 0 Å². The normalized spacial score (nSPS) is 10.4. The Labute approximate surface area is 155 Å². The maximum Gasteiger partial charge on any atom is 0.259 e. The molecule has 0 saturated carbocycles. The lowest BCUT2D eigenvalue weighted by Crippen LogP contribution is -2.15. The highest BCUT2D eigenvalue weighted by molar-refractivity contribution is 6.08. The van der Waals surface area contributed by atoms with Crippen molar-refractivity contribution >= 4 is 11.6 Å². The van der Waals surface area contributed by atoms with Gasteiger partial charge in [0.05, 0.1) is 25.5 Å². The molecule has 0 atom stereocenters. The molecule has 3 rings (SSSR count). The van der Waals surface area contributed by atoms with Gasteiger partial charge in [0.15, 0.2) is 0 Å². The highest BCUT2D eigenvalue weighted by atomic mass is 19.1. The van der Waals surface area contributed by atoms with Gasteiger partial charge in [0, 0.05) is 11.6 Å². The van der Waals surface area contributed by atoms with Gasteiger partial charge < -0.3 is 14.8 Å². The van der Waals surface area contributed by atoms with Crippen LogP contribution in [0.1, 0.15) is 10.4 Å². The van der Waals surface area contributed by atoms with Crippen LogP contribution in [-0.4, -0.2) is 20.1 Å². The summed E-state index contributed by atoms with van der Waals surface area (Å²) < 4.78 is 38.6. The molecule has 0 aliphatic rings. The van der Waals surface area contributed by atoms with Gasteiger partial charge in [-0.15, -0.1) is 0 Å². The van der Waals surface area contributed by atoms with Gasteiger partial charge >= 0.3 is 0 Å². The summed E-state index contributed by atoms with van der Waals surface area (Å²) in [4.78, 5) is 12.8. The monoisotopic (exact) mass is 369 g/mol. The Morgan fingerprint density at radius 3 is 2.33 bits per heavy atom. The molecule has 3 aromatic carbocycles. The van der Waals surface area contributed by atoms with Crippen LogP contribution in [0.2, 0.25) is 0 Å². The summed E-state index contributed by atoms with van der Waals surface area (Å²) in [6, 6.07) is 15.3. The molecule has 0 aliphatic carbocycles. The zero-order valence-electron chi connectivity index (χ0n) is 14.8. The SMILES string of the molecule is COc1ccc(OC)c(C(=O)Nc2c(F)cc(F)cc2-c2ccccc2)c1. The number of hydrogen-bond donors (Lipinski definition) is 1. The third-order valence-corrected chi connectivity index (χ3v) is 4.03. The fourth-order valence-corrected chi connectivity index (χ4v) is 2.72. The molecule has 3 aromatic rings. The molecule has 0 heterocycles. The third-order valence-electron chi connectivity index (χ3n) is 4.03. The topological polar surface area (TPSA) is 47.6 Å². The molecular formula is C21H17F2NO3. The van der Waals surface area contributed by atoms with Crippen molar-refractivity contribution in [2.24, 2.45) is 0 Å². The number of carbonyl (C=O) groups is 1. The average Bonchev–Trinajstić information content (AvgIpc) is 2.69. The second-order valence-corrected chi connectivity index (χ2v) is 5.70. The molecule has 0 radical (unpaired) electrons. The average molecular weight is 369 g/mol. The van der Waals surface area contributed by atoms with E-state index in [1.54, 1.807) is 42.5 Å². The van der Waals surface area contributed by atoms with Gasteiger partial charge in [-0.1, -0.05) is 30.3 Å². The minimum Gasteiger partial charge on any atom is -0.497 e. The summed E-state index contributed by atoms with van der Waals surface area (Å²) in [6.07, 6.45) is 0. The first kappa shape index (κ1) is 18.4. The van der Waals surface area contributed by atoms with Crippen molar-refractivity contribution in [1.29, 1.82) is 0 Å². The predicted octanol–water partition coefficient (Wildman–Crippen LogP) is 4.90. The fourth-order valence-electron chi connectivity index (χ4n) is 2.72. The second kappa shape index (κ2) is 7.86. The summed E-state index contributed by atoms with van der Waals surface area (Å²) in [5.74, 6) is -1.46. The lowest BCUT2D eigenvalue weighted by Gasteiger charge is -2.15. The Morgan fingerprint density at radius 1 is 0.926 bits per heavy atom. The number of benzene rings is 3. The van der Waals surface area contributed by atoms with E-state index in [2.05, 4.69) is 5.32 Å². The first-order chi connectivity index (χ1) is 13.0. The molecule has 1 amide bonds. The predicted molar refractivity (Wildman–Crippen MR) is 99.3 cm³/mol. The summed E-state index contributed by atoms with van der Waals surface area (Å²) in [6.45, 7) is 0. The number of hydrogen-bond acceptors (Lipinski definition) is 3. The van der Waals surface area contributed by atoms with E-state index in [9.17, 15) is 13.6 Å². The Balaban J connectivity index is 2.05. The molecule has 0 aromatic heterocycles.